The molecule has 0 fully saturated rings. The lowest BCUT2D eigenvalue weighted by Gasteiger charge is -1.99. The molecule has 0 radical (unpaired) electrons. The van der Waals surface area contributed by atoms with E-state index in [1.54, 1.807) is 0 Å². The Labute approximate surface area is 90.7 Å². The van der Waals surface area contributed by atoms with Gasteiger partial charge in [-0.15, -0.1) is 0 Å². The topological polar surface area (TPSA) is 20.2 Å². The minimum absolute atomic E-state index is 0.103. The van der Waals surface area contributed by atoms with E-state index in [2.05, 4.69) is 6.92 Å². The highest BCUT2D eigenvalue weighted by molar-refractivity contribution is 6.93. The molecule has 0 saturated heterocycles. The molecule has 0 amide bonds. The number of phenols is 1. The van der Waals surface area contributed by atoms with E-state index in [1.807, 2.05) is 32.0 Å². The number of benzene rings is 1. The zero-order valence-electron chi connectivity index (χ0n) is 8.47. The highest BCUT2D eigenvalue weighted by atomic mass is 35.6. The molecule has 1 nitrogen and oxygen atoms in total. The molecular formula is C10H16AlClO. The number of hydrogen-bond donors (Lipinski definition) is 1. The molecule has 0 aliphatic rings. The van der Waals surface area contributed by atoms with Crippen LogP contribution in [0.15, 0.2) is 18.2 Å². The highest BCUT2D eigenvalue weighted by Crippen LogP contribution is 2.19. The van der Waals surface area contributed by atoms with Crippen molar-refractivity contribution >= 4 is 24.3 Å². The van der Waals surface area contributed by atoms with Gasteiger partial charge >= 0.3 is 14.3 Å². The van der Waals surface area contributed by atoms with Crippen molar-refractivity contribution in [3.05, 3.63) is 29.3 Å². The van der Waals surface area contributed by atoms with Crippen molar-refractivity contribution in [3.8, 4) is 5.75 Å². The molecule has 0 atom stereocenters. The van der Waals surface area contributed by atoms with Crippen molar-refractivity contribution in [1.82, 2.24) is 0 Å². The van der Waals surface area contributed by atoms with Crippen LogP contribution in [0.3, 0.4) is 0 Å². The zero-order valence-corrected chi connectivity index (χ0v) is 10.6. The number of rotatable bonds is 1. The van der Waals surface area contributed by atoms with Crippen LogP contribution >= 0.6 is 10.0 Å². The first kappa shape index (κ1) is 12.8. The predicted octanol–water partition coefficient (Wildman–Crippen LogP) is 3.02. The van der Waals surface area contributed by atoms with Crippen LogP contribution in [-0.4, -0.2) is 19.4 Å². The number of phenolic OH excluding ortho intramolecular Hbond substituents is 1. The van der Waals surface area contributed by atoms with Gasteiger partial charge in [0.2, 0.25) is 0 Å². The number of hydrogen-bond acceptors (Lipinski definition) is 1. The van der Waals surface area contributed by atoms with E-state index in [0.29, 0.717) is 5.75 Å². The van der Waals surface area contributed by atoms with Crippen LogP contribution in [0.25, 0.3) is 0 Å². The molecule has 1 aromatic carbocycles. The third-order valence-corrected chi connectivity index (χ3v) is 3.14. The van der Waals surface area contributed by atoms with Crippen LogP contribution in [0, 0.1) is 13.8 Å². The number of aryl methyl sites for hydroxylation is 2. The first-order valence-electron chi connectivity index (χ1n) is 4.44. The molecule has 0 bridgehead atoms. The van der Waals surface area contributed by atoms with Crippen molar-refractivity contribution in [3.63, 3.8) is 0 Å². The van der Waals surface area contributed by atoms with E-state index in [4.69, 9.17) is 10.0 Å². The predicted molar refractivity (Wildman–Crippen MR) is 61.1 cm³/mol. The van der Waals surface area contributed by atoms with Crippen LogP contribution in [0.2, 0.25) is 5.28 Å². The fourth-order valence-electron chi connectivity index (χ4n) is 0.806. The van der Waals surface area contributed by atoms with Gasteiger partial charge in [0.1, 0.15) is 5.75 Å². The van der Waals surface area contributed by atoms with Gasteiger partial charge in [-0.2, -0.15) is 0 Å². The minimum atomic E-state index is -0.103. The molecule has 0 spiro atoms. The van der Waals surface area contributed by atoms with E-state index in [-0.39, 0.29) is 14.3 Å². The first-order chi connectivity index (χ1) is 6.13. The van der Waals surface area contributed by atoms with Crippen LogP contribution in [0.4, 0.5) is 0 Å². The third-order valence-electron chi connectivity index (χ3n) is 1.63. The van der Waals surface area contributed by atoms with Crippen molar-refractivity contribution in [2.24, 2.45) is 0 Å². The van der Waals surface area contributed by atoms with Gasteiger partial charge in [0, 0.05) is 0 Å². The molecule has 1 aromatic rings. The SMILES string of the molecule is C[CH2][AlH][Cl].Cc1cccc(C)c1O. The van der Waals surface area contributed by atoms with E-state index >= 15 is 0 Å². The Kier molecular flexibility index (Phi) is 7.18. The summed E-state index contributed by atoms with van der Waals surface area (Å²) in [6, 6.07) is 5.72. The molecule has 1 rings (SSSR count). The van der Waals surface area contributed by atoms with Gasteiger partial charge in [0.05, 0.1) is 0 Å². The molecular weight excluding hydrogens is 199 g/mol. The average molecular weight is 215 g/mol. The second-order valence-corrected chi connectivity index (χ2v) is 5.44. The molecule has 72 valence electrons. The van der Waals surface area contributed by atoms with Crippen LogP contribution in [-0.2, 0) is 0 Å². The zero-order chi connectivity index (χ0) is 10.3. The van der Waals surface area contributed by atoms with E-state index < -0.39 is 0 Å². The summed E-state index contributed by atoms with van der Waals surface area (Å²) in [6.07, 6.45) is 0. The number of halogens is 1. The van der Waals surface area contributed by atoms with Crippen LogP contribution in [0.5, 0.6) is 5.75 Å². The number of aromatic hydroxyl groups is 1. The summed E-state index contributed by atoms with van der Waals surface area (Å²) in [5.41, 5.74) is 1.88. The summed E-state index contributed by atoms with van der Waals surface area (Å²) in [5, 5.41) is 10.4. The monoisotopic (exact) mass is 214 g/mol. The fourth-order valence-corrected chi connectivity index (χ4v) is 0.806. The number of para-hydroxylation sites is 1. The van der Waals surface area contributed by atoms with Gasteiger partial charge in [0.15, 0.2) is 0 Å². The Morgan fingerprint density at radius 3 is 1.92 bits per heavy atom. The Morgan fingerprint density at radius 2 is 1.69 bits per heavy atom. The van der Waals surface area contributed by atoms with Gasteiger partial charge in [0.25, 0.3) is 0 Å². The molecule has 0 aliphatic heterocycles. The summed E-state index contributed by atoms with van der Waals surface area (Å²) in [6.45, 7) is 5.89. The Hall–Kier alpha value is -0.158. The van der Waals surface area contributed by atoms with Crippen molar-refractivity contribution in [2.75, 3.05) is 0 Å². The lowest BCUT2D eigenvalue weighted by molar-refractivity contribution is 0.467. The Bertz CT molecular complexity index is 228. The maximum absolute atomic E-state index is 9.21. The van der Waals surface area contributed by atoms with Crippen molar-refractivity contribution in [1.29, 1.82) is 0 Å². The normalized spacial score (nSPS) is 8.62. The lowest BCUT2D eigenvalue weighted by atomic mass is 10.1. The highest BCUT2D eigenvalue weighted by Gasteiger charge is 1.95. The van der Waals surface area contributed by atoms with E-state index in [9.17, 15) is 5.11 Å². The lowest BCUT2D eigenvalue weighted by Crippen LogP contribution is -1.76. The Morgan fingerprint density at radius 1 is 1.31 bits per heavy atom. The Balaban J connectivity index is 0.000000310. The fraction of sp³-hybridized carbons (Fsp3) is 0.400. The molecule has 13 heavy (non-hydrogen) atoms. The summed E-state index contributed by atoms with van der Waals surface area (Å²) in [4.78, 5) is 0. The van der Waals surface area contributed by atoms with Crippen molar-refractivity contribution < 1.29 is 5.11 Å². The molecule has 0 saturated carbocycles. The minimum Gasteiger partial charge on any atom is -0.507 e. The van der Waals surface area contributed by atoms with E-state index in [1.165, 1.54) is 5.28 Å². The van der Waals surface area contributed by atoms with Gasteiger partial charge in [-0.25, -0.2) is 0 Å². The average Bonchev–Trinajstić information content (AvgIpc) is 2.14. The smallest absolute Gasteiger partial charge is 0.376 e. The van der Waals surface area contributed by atoms with Gasteiger partial charge < -0.3 is 5.11 Å². The standard InChI is InChI=1S/C8H10O.C2H5.Al.ClH.H/c1-6-4-3-5-7(2)8(6)9;1-2;;;/h3-5,9H,1-2H3;1H2,2H3;;1H;/q;;+1;;/p-1. The largest absolute Gasteiger partial charge is 0.507 e. The van der Waals surface area contributed by atoms with Gasteiger partial charge in [-0.1, -0.05) is 30.4 Å². The quantitative estimate of drug-likeness (QED) is 0.713. The maximum atomic E-state index is 9.21. The molecule has 0 aromatic heterocycles. The second kappa shape index (κ2) is 7.27. The van der Waals surface area contributed by atoms with E-state index in [0.717, 1.165) is 11.1 Å². The summed E-state index contributed by atoms with van der Waals surface area (Å²) >= 11 is -0.103. The van der Waals surface area contributed by atoms with Crippen LogP contribution < -0.4 is 0 Å². The van der Waals surface area contributed by atoms with Crippen LogP contribution in [0.1, 0.15) is 18.1 Å². The summed E-state index contributed by atoms with van der Waals surface area (Å²) in [7, 11) is 5.32. The molecule has 0 unspecified atom stereocenters. The second-order valence-electron chi connectivity index (χ2n) is 2.93. The van der Waals surface area contributed by atoms with Gasteiger partial charge in [-0.05, 0) is 25.0 Å². The molecule has 3 heteroatoms. The molecule has 0 heterocycles. The first-order valence-corrected chi connectivity index (χ1v) is 7.58. The summed E-state index contributed by atoms with van der Waals surface area (Å²) in [5.74, 6) is 0.414. The maximum Gasteiger partial charge on any atom is 0.376 e. The van der Waals surface area contributed by atoms with Crippen molar-refractivity contribution in [2.45, 2.75) is 26.1 Å². The molecule has 1 N–H and O–H groups in total. The third kappa shape index (κ3) is 5.21. The molecule has 0 aliphatic carbocycles. The van der Waals surface area contributed by atoms with Gasteiger partial charge in [-0.3, -0.25) is 10.0 Å². The summed E-state index contributed by atoms with van der Waals surface area (Å²) < 4.78 is 0.